The van der Waals surface area contributed by atoms with E-state index in [0.717, 1.165) is 0 Å². The first kappa shape index (κ1) is 15.9. The van der Waals surface area contributed by atoms with Crippen molar-refractivity contribution in [1.29, 1.82) is 0 Å². The largest absolute Gasteiger partial charge is 0.463 e. The van der Waals surface area contributed by atoms with Gasteiger partial charge in [-0.3, -0.25) is 0 Å². The molecule has 0 aromatic heterocycles. The van der Waals surface area contributed by atoms with Gasteiger partial charge in [-0.15, -0.1) is 0 Å². The summed E-state index contributed by atoms with van der Waals surface area (Å²) in [5.74, 6) is -2.48. The summed E-state index contributed by atoms with van der Waals surface area (Å²) < 4.78 is 13.9. The molecule has 0 radical (unpaired) electrons. The minimum Gasteiger partial charge on any atom is -0.463 e. The van der Waals surface area contributed by atoms with E-state index in [4.69, 9.17) is 0 Å². The molecule has 6 nitrogen and oxygen atoms in total. The highest BCUT2D eigenvalue weighted by molar-refractivity contribution is 6.13. The fraction of sp³-hybridized carbons (Fsp3) is 0.417. The van der Waals surface area contributed by atoms with Crippen molar-refractivity contribution in [3.8, 4) is 0 Å². The number of rotatable bonds is 7. The van der Waals surface area contributed by atoms with Crippen molar-refractivity contribution in [2.75, 3.05) is 19.8 Å². The topological polar surface area (TPSA) is 78.9 Å². The molecule has 0 rings (SSSR count). The molecule has 18 heavy (non-hydrogen) atoms. The van der Waals surface area contributed by atoms with Crippen molar-refractivity contribution in [3.05, 3.63) is 24.3 Å². The van der Waals surface area contributed by atoms with Gasteiger partial charge in [-0.2, -0.15) is 0 Å². The van der Waals surface area contributed by atoms with E-state index in [2.05, 4.69) is 27.4 Å². The van der Waals surface area contributed by atoms with E-state index in [0.29, 0.717) is 0 Å². The molecule has 0 aliphatic rings. The van der Waals surface area contributed by atoms with Crippen LogP contribution in [0.4, 0.5) is 0 Å². The van der Waals surface area contributed by atoms with Crippen molar-refractivity contribution in [1.82, 2.24) is 0 Å². The van der Waals surface area contributed by atoms with Gasteiger partial charge in [-0.05, 0) is 13.8 Å². The van der Waals surface area contributed by atoms with Crippen molar-refractivity contribution >= 4 is 17.9 Å². The Bertz CT molecular complexity index is 369. The van der Waals surface area contributed by atoms with Crippen LogP contribution in [0.25, 0.3) is 0 Å². The van der Waals surface area contributed by atoms with E-state index < -0.39 is 23.5 Å². The molecular weight excluding hydrogens is 240 g/mol. The third-order valence-corrected chi connectivity index (χ3v) is 1.71. The highest BCUT2D eigenvalue weighted by atomic mass is 16.6. The molecule has 0 atom stereocenters. The second-order valence-electron chi connectivity index (χ2n) is 3.10. The Balaban J connectivity index is 4.18. The summed E-state index contributed by atoms with van der Waals surface area (Å²) in [5, 5.41) is 0. The van der Waals surface area contributed by atoms with Crippen molar-refractivity contribution in [2.45, 2.75) is 13.8 Å². The van der Waals surface area contributed by atoms with Crippen LogP contribution in [0.3, 0.4) is 0 Å². The van der Waals surface area contributed by atoms with Crippen molar-refractivity contribution in [2.24, 2.45) is 0 Å². The molecule has 0 spiro atoms. The van der Waals surface area contributed by atoms with Crippen LogP contribution < -0.4 is 0 Å². The molecule has 6 heteroatoms. The lowest BCUT2D eigenvalue weighted by Crippen LogP contribution is -2.20. The van der Waals surface area contributed by atoms with Crippen LogP contribution in [-0.4, -0.2) is 37.7 Å². The first-order valence-electron chi connectivity index (χ1n) is 5.32. The minimum absolute atomic E-state index is 0.0261. The molecule has 0 heterocycles. The van der Waals surface area contributed by atoms with E-state index in [-0.39, 0.29) is 25.4 Å². The van der Waals surface area contributed by atoms with Gasteiger partial charge in [0, 0.05) is 0 Å². The Labute approximate surface area is 105 Å². The number of carbonyl (C=O) groups excluding carboxylic acids is 3. The summed E-state index contributed by atoms with van der Waals surface area (Å²) in [5.41, 5.74) is -0.463. The Morgan fingerprint density at radius 1 is 0.833 bits per heavy atom. The van der Waals surface area contributed by atoms with Crippen LogP contribution in [0.15, 0.2) is 24.3 Å². The van der Waals surface area contributed by atoms with Gasteiger partial charge in [0.1, 0.15) is 12.2 Å². The molecular formula is C12H16O6. The smallest absolute Gasteiger partial charge is 0.345 e. The van der Waals surface area contributed by atoms with Crippen molar-refractivity contribution in [3.63, 3.8) is 0 Å². The molecule has 0 aromatic rings. The predicted octanol–water partition coefficient (Wildman–Crippen LogP) is 0.768. The lowest BCUT2D eigenvalue weighted by Gasteiger charge is -2.08. The summed E-state index contributed by atoms with van der Waals surface area (Å²) in [7, 11) is 0. The maximum atomic E-state index is 11.3. The quantitative estimate of drug-likeness (QED) is 0.220. The van der Waals surface area contributed by atoms with Gasteiger partial charge in [0.15, 0.2) is 0 Å². The van der Waals surface area contributed by atoms with E-state index in [1.165, 1.54) is 0 Å². The molecule has 0 saturated carbocycles. The highest BCUT2D eigenvalue weighted by Gasteiger charge is 2.19. The average molecular weight is 256 g/mol. The van der Waals surface area contributed by atoms with Crippen LogP contribution >= 0.6 is 0 Å². The third kappa shape index (κ3) is 5.29. The molecule has 0 amide bonds. The van der Waals surface area contributed by atoms with Crippen molar-refractivity contribution < 1.29 is 28.6 Å². The molecule has 0 saturated heterocycles. The second-order valence-corrected chi connectivity index (χ2v) is 3.10. The van der Waals surface area contributed by atoms with E-state index in [1.807, 2.05) is 0 Å². The number of ether oxygens (including phenoxy) is 3. The first-order valence-corrected chi connectivity index (χ1v) is 5.32. The zero-order valence-corrected chi connectivity index (χ0v) is 10.5. The maximum absolute atomic E-state index is 11.3. The summed E-state index contributed by atoms with van der Waals surface area (Å²) in [6, 6.07) is 0. The number of hydrogen-bond donors (Lipinski definition) is 0. The van der Waals surface area contributed by atoms with Gasteiger partial charge in [-0.1, -0.05) is 13.2 Å². The normalized spacial score (nSPS) is 9.22. The summed E-state index contributed by atoms with van der Waals surface area (Å²) >= 11 is 0. The van der Waals surface area contributed by atoms with Crippen LogP contribution in [0, 0.1) is 0 Å². The standard InChI is InChI=1S/C12H16O6/c1-5-16-10(13)8(3)7-18-12(15)9(4)11(14)17-6-2/h3-7H2,1-2H3. The fourth-order valence-corrected chi connectivity index (χ4v) is 0.833. The molecule has 0 aliphatic heterocycles. The summed E-state index contributed by atoms with van der Waals surface area (Å²) in [4.78, 5) is 33.6. The molecule has 0 fully saturated rings. The molecule has 0 aromatic carbocycles. The lowest BCUT2D eigenvalue weighted by molar-refractivity contribution is -0.146. The highest BCUT2D eigenvalue weighted by Crippen LogP contribution is 2.02. The molecule has 0 unspecified atom stereocenters. The van der Waals surface area contributed by atoms with Gasteiger partial charge < -0.3 is 14.2 Å². The van der Waals surface area contributed by atoms with Crippen LogP contribution in [-0.2, 0) is 28.6 Å². The van der Waals surface area contributed by atoms with E-state index in [9.17, 15) is 14.4 Å². The summed E-state index contributed by atoms with van der Waals surface area (Å²) in [6.07, 6.45) is 0. The Morgan fingerprint density at radius 3 is 1.78 bits per heavy atom. The Kier molecular flexibility index (Phi) is 7.11. The molecule has 0 bridgehead atoms. The average Bonchev–Trinajstić information content (AvgIpc) is 2.35. The SMILES string of the molecule is C=C(COC(=O)C(=C)C(=O)OCC)C(=O)OCC. The fourth-order valence-electron chi connectivity index (χ4n) is 0.833. The summed E-state index contributed by atoms with van der Waals surface area (Å²) in [6.45, 7) is 9.82. The van der Waals surface area contributed by atoms with E-state index in [1.54, 1.807) is 13.8 Å². The zero-order chi connectivity index (χ0) is 14.1. The third-order valence-electron chi connectivity index (χ3n) is 1.71. The molecule has 0 N–H and O–H groups in total. The first-order chi connectivity index (χ1) is 8.43. The minimum atomic E-state index is -0.959. The molecule has 0 aliphatic carbocycles. The van der Waals surface area contributed by atoms with Gasteiger partial charge in [0.25, 0.3) is 0 Å². The van der Waals surface area contributed by atoms with Gasteiger partial charge >= 0.3 is 17.9 Å². The van der Waals surface area contributed by atoms with Crippen LogP contribution in [0.1, 0.15) is 13.8 Å². The number of hydrogen-bond acceptors (Lipinski definition) is 6. The zero-order valence-electron chi connectivity index (χ0n) is 10.5. The van der Waals surface area contributed by atoms with Gasteiger partial charge in [-0.25, -0.2) is 14.4 Å². The molecule has 100 valence electrons. The predicted molar refractivity (Wildman–Crippen MR) is 62.5 cm³/mol. The lowest BCUT2D eigenvalue weighted by atomic mass is 10.3. The monoisotopic (exact) mass is 256 g/mol. The Morgan fingerprint density at radius 2 is 1.28 bits per heavy atom. The van der Waals surface area contributed by atoms with E-state index >= 15 is 0 Å². The van der Waals surface area contributed by atoms with Gasteiger partial charge in [0.05, 0.1) is 18.8 Å². The second kappa shape index (κ2) is 8.05. The van der Waals surface area contributed by atoms with Crippen LogP contribution in [0.5, 0.6) is 0 Å². The van der Waals surface area contributed by atoms with Gasteiger partial charge in [0.2, 0.25) is 0 Å². The Hall–Kier alpha value is -2.11. The number of carbonyl (C=O) groups is 3. The van der Waals surface area contributed by atoms with Crippen LogP contribution in [0.2, 0.25) is 0 Å². The maximum Gasteiger partial charge on any atom is 0.345 e. The number of esters is 3.